The molecule has 0 aliphatic rings. The Morgan fingerprint density at radius 3 is 2.45 bits per heavy atom. The van der Waals surface area contributed by atoms with Gasteiger partial charge in [-0.05, 0) is 65.5 Å². The largest absolute Gasteiger partial charge is 0.497 e. The fourth-order valence-corrected chi connectivity index (χ4v) is 3.26. The van der Waals surface area contributed by atoms with Crippen LogP contribution in [0.4, 0.5) is 14.5 Å². The summed E-state index contributed by atoms with van der Waals surface area (Å²) in [6, 6.07) is 17.0. The summed E-state index contributed by atoms with van der Waals surface area (Å²) in [5.41, 5.74) is 1.04. The molecule has 7 heteroatoms. The minimum absolute atomic E-state index is 0.0776. The summed E-state index contributed by atoms with van der Waals surface area (Å²) < 4.78 is 33.1. The zero-order valence-corrected chi connectivity index (χ0v) is 16.6. The van der Waals surface area contributed by atoms with Gasteiger partial charge in [0.2, 0.25) is 0 Å². The van der Waals surface area contributed by atoms with Crippen LogP contribution in [0.5, 0.6) is 5.75 Å². The van der Waals surface area contributed by atoms with Gasteiger partial charge in [-0.1, -0.05) is 12.1 Å². The number of nitrogens with zero attached hydrogens (tertiary/aromatic N) is 1. The second kappa shape index (κ2) is 8.39. The van der Waals surface area contributed by atoms with Gasteiger partial charge in [0.1, 0.15) is 5.75 Å². The van der Waals surface area contributed by atoms with E-state index in [1.165, 1.54) is 16.7 Å². The molecule has 3 aromatic carbocycles. The Morgan fingerprint density at radius 2 is 1.74 bits per heavy atom. The van der Waals surface area contributed by atoms with Gasteiger partial charge in [0.15, 0.2) is 11.6 Å². The van der Waals surface area contributed by atoms with Crippen molar-refractivity contribution in [1.29, 1.82) is 0 Å². The number of carbonyl (C=O) groups excluding carboxylic acids is 1. The first-order valence-corrected chi connectivity index (χ1v) is 9.47. The highest BCUT2D eigenvalue weighted by Crippen LogP contribution is 2.18. The minimum atomic E-state index is -0.969. The molecule has 0 spiro atoms. The van der Waals surface area contributed by atoms with Crippen molar-refractivity contribution in [2.45, 2.75) is 6.54 Å². The molecule has 5 nitrogen and oxygen atoms in total. The van der Waals surface area contributed by atoms with Crippen LogP contribution in [0.25, 0.3) is 10.8 Å². The lowest BCUT2D eigenvalue weighted by Gasteiger charge is -2.10. The Balaban J connectivity index is 1.62. The maximum absolute atomic E-state index is 13.5. The van der Waals surface area contributed by atoms with E-state index in [9.17, 15) is 18.4 Å². The number of hydrogen-bond acceptors (Lipinski definition) is 3. The summed E-state index contributed by atoms with van der Waals surface area (Å²) in [7, 11) is 1.56. The highest BCUT2D eigenvalue weighted by molar-refractivity contribution is 6.06. The molecule has 156 valence electrons. The van der Waals surface area contributed by atoms with Gasteiger partial charge in [-0.15, -0.1) is 0 Å². The molecular formula is C24H18F2N2O3. The first kappa shape index (κ1) is 20.3. The number of benzene rings is 3. The van der Waals surface area contributed by atoms with Crippen LogP contribution < -0.4 is 15.6 Å². The van der Waals surface area contributed by atoms with E-state index in [2.05, 4.69) is 5.32 Å². The van der Waals surface area contributed by atoms with Crippen LogP contribution in [0, 0.1) is 11.6 Å². The van der Waals surface area contributed by atoms with Gasteiger partial charge >= 0.3 is 0 Å². The second-order valence-electron chi connectivity index (χ2n) is 6.98. The number of aromatic nitrogens is 1. The molecule has 0 unspecified atom stereocenters. The molecular weight excluding hydrogens is 402 g/mol. The number of ether oxygens (including phenoxy) is 1. The van der Waals surface area contributed by atoms with E-state index in [1.54, 1.807) is 55.8 Å². The molecule has 0 atom stereocenters. The van der Waals surface area contributed by atoms with Crippen molar-refractivity contribution < 1.29 is 18.3 Å². The van der Waals surface area contributed by atoms with Crippen LogP contribution in [0.2, 0.25) is 0 Å². The van der Waals surface area contributed by atoms with Crippen molar-refractivity contribution in [3.8, 4) is 5.75 Å². The van der Waals surface area contributed by atoms with E-state index in [4.69, 9.17) is 4.74 Å². The van der Waals surface area contributed by atoms with Crippen molar-refractivity contribution in [2.24, 2.45) is 0 Å². The number of anilines is 1. The van der Waals surface area contributed by atoms with E-state index in [0.29, 0.717) is 33.3 Å². The number of pyridine rings is 1. The Bertz CT molecular complexity index is 1330. The van der Waals surface area contributed by atoms with Crippen molar-refractivity contribution >= 4 is 22.4 Å². The summed E-state index contributed by atoms with van der Waals surface area (Å²) >= 11 is 0. The van der Waals surface area contributed by atoms with E-state index in [0.717, 1.165) is 12.1 Å². The first-order valence-electron chi connectivity index (χ1n) is 9.47. The maximum Gasteiger partial charge on any atom is 0.258 e. The summed E-state index contributed by atoms with van der Waals surface area (Å²) in [6.45, 7) is 0.0776. The average molecular weight is 420 g/mol. The Labute approximate surface area is 176 Å². The Morgan fingerprint density at radius 1 is 0.968 bits per heavy atom. The van der Waals surface area contributed by atoms with E-state index >= 15 is 0 Å². The van der Waals surface area contributed by atoms with E-state index < -0.39 is 11.6 Å². The van der Waals surface area contributed by atoms with Crippen LogP contribution >= 0.6 is 0 Å². The number of fused-ring (bicyclic) bond motifs is 1. The minimum Gasteiger partial charge on any atom is -0.497 e. The van der Waals surface area contributed by atoms with Crippen LogP contribution in [0.3, 0.4) is 0 Å². The topological polar surface area (TPSA) is 60.3 Å². The first-order chi connectivity index (χ1) is 14.9. The molecule has 0 bridgehead atoms. The smallest absolute Gasteiger partial charge is 0.258 e. The number of nitrogens with one attached hydrogen (secondary N) is 1. The lowest BCUT2D eigenvalue weighted by atomic mass is 10.1. The predicted molar refractivity (Wildman–Crippen MR) is 115 cm³/mol. The zero-order chi connectivity index (χ0) is 22.0. The molecule has 0 aliphatic heterocycles. The lowest BCUT2D eigenvalue weighted by molar-refractivity contribution is 0.102. The maximum atomic E-state index is 13.5. The number of amides is 1. The third-order valence-electron chi connectivity index (χ3n) is 4.93. The zero-order valence-electron chi connectivity index (χ0n) is 16.6. The summed E-state index contributed by atoms with van der Waals surface area (Å²) in [5.74, 6) is -1.60. The van der Waals surface area contributed by atoms with Crippen molar-refractivity contribution in [1.82, 2.24) is 4.57 Å². The fourth-order valence-electron chi connectivity index (χ4n) is 3.26. The predicted octanol–water partition coefficient (Wildman–Crippen LogP) is 4.59. The normalized spacial score (nSPS) is 10.8. The number of halogens is 2. The summed E-state index contributed by atoms with van der Waals surface area (Å²) in [6.07, 6.45) is 1.59. The van der Waals surface area contributed by atoms with Crippen molar-refractivity contribution in [3.05, 3.63) is 106 Å². The van der Waals surface area contributed by atoms with Crippen LogP contribution in [0.15, 0.2) is 77.7 Å². The third-order valence-corrected chi connectivity index (χ3v) is 4.93. The monoisotopic (exact) mass is 420 g/mol. The molecule has 0 radical (unpaired) electrons. The van der Waals surface area contributed by atoms with Gasteiger partial charge in [-0.2, -0.15) is 0 Å². The van der Waals surface area contributed by atoms with Crippen molar-refractivity contribution in [3.63, 3.8) is 0 Å². The molecule has 4 aromatic rings. The van der Waals surface area contributed by atoms with Gasteiger partial charge in [-0.25, -0.2) is 8.78 Å². The molecule has 0 saturated heterocycles. The fraction of sp³-hybridized carbons (Fsp3) is 0.0833. The van der Waals surface area contributed by atoms with E-state index in [-0.39, 0.29) is 18.0 Å². The van der Waals surface area contributed by atoms with Gasteiger partial charge in [-0.3, -0.25) is 9.59 Å². The molecule has 0 aliphatic carbocycles. The molecule has 1 aromatic heterocycles. The molecule has 0 saturated carbocycles. The Hall–Kier alpha value is -4.00. The lowest BCUT2D eigenvalue weighted by Crippen LogP contribution is -2.21. The highest BCUT2D eigenvalue weighted by atomic mass is 19.2. The molecule has 1 heterocycles. The second-order valence-corrected chi connectivity index (χ2v) is 6.98. The third kappa shape index (κ3) is 4.30. The van der Waals surface area contributed by atoms with Crippen LogP contribution in [-0.2, 0) is 6.54 Å². The van der Waals surface area contributed by atoms with Gasteiger partial charge < -0.3 is 14.6 Å². The van der Waals surface area contributed by atoms with E-state index in [1.807, 2.05) is 0 Å². The summed E-state index contributed by atoms with van der Waals surface area (Å²) in [5, 5.41) is 3.81. The quantitative estimate of drug-likeness (QED) is 0.514. The average Bonchev–Trinajstić information content (AvgIpc) is 2.78. The van der Waals surface area contributed by atoms with Gasteiger partial charge in [0, 0.05) is 22.8 Å². The van der Waals surface area contributed by atoms with Crippen LogP contribution in [0.1, 0.15) is 15.9 Å². The van der Waals surface area contributed by atoms with Gasteiger partial charge in [0.25, 0.3) is 11.5 Å². The standard InChI is InChI=1S/C24H18F2N2O3/c1-31-19-7-5-18(6-8-19)27-23(29)17-4-3-16-10-11-28(24(30)20(16)13-17)14-15-2-9-21(25)22(26)12-15/h2-13H,14H2,1H3,(H,27,29). The highest BCUT2D eigenvalue weighted by Gasteiger charge is 2.11. The van der Waals surface area contributed by atoms with Crippen LogP contribution in [-0.4, -0.2) is 17.6 Å². The number of rotatable bonds is 5. The molecule has 0 fully saturated rings. The van der Waals surface area contributed by atoms with Gasteiger partial charge in [0.05, 0.1) is 13.7 Å². The number of hydrogen-bond donors (Lipinski definition) is 1. The van der Waals surface area contributed by atoms with Crippen molar-refractivity contribution in [2.75, 3.05) is 12.4 Å². The Kier molecular flexibility index (Phi) is 5.49. The number of carbonyl (C=O) groups is 1. The number of methoxy groups -OCH3 is 1. The molecule has 1 amide bonds. The molecule has 31 heavy (non-hydrogen) atoms. The molecule has 4 rings (SSSR count). The SMILES string of the molecule is COc1ccc(NC(=O)c2ccc3ccn(Cc4ccc(F)c(F)c4)c(=O)c3c2)cc1. The summed E-state index contributed by atoms with van der Waals surface area (Å²) in [4.78, 5) is 25.6. The molecule has 1 N–H and O–H groups in total.